The average Bonchev–Trinajstić information content (AvgIpc) is 3.21. The van der Waals surface area contributed by atoms with Crippen molar-refractivity contribution in [1.82, 2.24) is 19.1 Å². The third-order valence-electron chi connectivity index (χ3n) is 3.85. The van der Waals surface area contributed by atoms with Gasteiger partial charge >= 0.3 is 57.1 Å². The molecule has 3 rings (SSSR count). The second-order valence-electron chi connectivity index (χ2n) is 5.78. The van der Waals surface area contributed by atoms with Crippen LogP contribution in [0.1, 0.15) is 26.7 Å². The summed E-state index contributed by atoms with van der Waals surface area (Å²) in [6, 6.07) is 1.02. The number of aromatic nitrogens is 4. The Balaban J connectivity index is 0.00000261. The van der Waals surface area contributed by atoms with Crippen molar-refractivity contribution in [2.45, 2.75) is 44.7 Å². The number of H-pyrrole nitrogens is 1. The molecule has 0 spiro atoms. The molecule has 0 bridgehead atoms. The molecule has 3 aromatic heterocycles. The van der Waals surface area contributed by atoms with Crippen LogP contribution >= 0.6 is 0 Å². The van der Waals surface area contributed by atoms with E-state index in [1.807, 2.05) is 13.8 Å². The number of hydrogen-bond acceptors (Lipinski definition) is 7. The SMILES string of the molecule is CCCn1c(=O)c2[nH]c(-c3cc(S(=O)(=O)[O-])co3)nc2n(CCC)c1=O.[K+]. The van der Waals surface area contributed by atoms with Crippen molar-refractivity contribution in [3.63, 3.8) is 0 Å². The maximum atomic E-state index is 12.6. The molecule has 0 radical (unpaired) electrons. The third-order valence-corrected chi connectivity index (χ3v) is 4.64. The molecule has 0 aliphatic carbocycles. The molecule has 140 valence electrons. The number of imidazole rings is 1. The van der Waals surface area contributed by atoms with Crippen LogP contribution in [0.5, 0.6) is 0 Å². The molecule has 10 nitrogen and oxygen atoms in total. The topological polar surface area (TPSA) is 143 Å². The fourth-order valence-electron chi connectivity index (χ4n) is 2.70. The van der Waals surface area contributed by atoms with Crippen molar-refractivity contribution in [1.29, 1.82) is 0 Å². The molecule has 0 fully saturated rings. The summed E-state index contributed by atoms with van der Waals surface area (Å²) >= 11 is 0. The van der Waals surface area contributed by atoms with Gasteiger partial charge in [-0.1, -0.05) is 13.8 Å². The molecule has 0 aliphatic rings. The monoisotopic (exact) mass is 420 g/mol. The molecule has 1 N–H and O–H groups in total. The van der Waals surface area contributed by atoms with Crippen LogP contribution in [0.15, 0.2) is 31.2 Å². The van der Waals surface area contributed by atoms with E-state index in [4.69, 9.17) is 4.42 Å². The van der Waals surface area contributed by atoms with Gasteiger partial charge < -0.3 is 14.0 Å². The van der Waals surface area contributed by atoms with E-state index < -0.39 is 26.3 Å². The molecule has 0 unspecified atom stereocenters. The van der Waals surface area contributed by atoms with Crippen LogP contribution < -0.4 is 62.6 Å². The van der Waals surface area contributed by atoms with E-state index in [-0.39, 0.29) is 80.7 Å². The minimum Gasteiger partial charge on any atom is -0.744 e. The summed E-state index contributed by atoms with van der Waals surface area (Å²) in [5.74, 6) is 0.0399. The molecule has 0 saturated heterocycles. The van der Waals surface area contributed by atoms with Crippen LogP contribution in [0, 0.1) is 0 Å². The molecule has 0 saturated carbocycles. The molecular formula is C15H17KN4O6S. The summed E-state index contributed by atoms with van der Waals surface area (Å²) in [6.45, 7) is 4.37. The van der Waals surface area contributed by atoms with Gasteiger partial charge in [0.15, 0.2) is 22.7 Å². The average molecular weight is 420 g/mol. The van der Waals surface area contributed by atoms with Gasteiger partial charge in [-0.05, 0) is 12.8 Å². The molecule has 0 aromatic carbocycles. The fourth-order valence-corrected chi connectivity index (χ4v) is 3.12. The van der Waals surface area contributed by atoms with Crippen molar-refractivity contribution in [2.24, 2.45) is 0 Å². The van der Waals surface area contributed by atoms with Gasteiger partial charge in [0.25, 0.3) is 5.56 Å². The number of furan rings is 1. The van der Waals surface area contributed by atoms with E-state index in [1.54, 1.807) is 0 Å². The fraction of sp³-hybridized carbons (Fsp3) is 0.400. The first-order chi connectivity index (χ1) is 12.3. The van der Waals surface area contributed by atoms with Crippen LogP contribution in [0.4, 0.5) is 0 Å². The second-order valence-corrected chi connectivity index (χ2v) is 7.16. The van der Waals surface area contributed by atoms with Crippen LogP contribution in [-0.4, -0.2) is 32.1 Å². The van der Waals surface area contributed by atoms with Gasteiger partial charge in [0, 0.05) is 19.2 Å². The Bertz CT molecular complexity index is 1190. The summed E-state index contributed by atoms with van der Waals surface area (Å²) < 4.78 is 40.8. The zero-order chi connectivity index (χ0) is 19.1. The van der Waals surface area contributed by atoms with E-state index in [0.29, 0.717) is 19.4 Å². The van der Waals surface area contributed by atoms with E-state index in [9.17, 15) is 22.6 Å². The third kappa shape index (κ3) is 4.21. The Kier molecular flexibility index (Phi) is 7.05. The second kappa shape index (κ2) is 8.55. The number of nitrogens with one attached hydrogen (secondary N) is 1. The van der Waals surface area contributed by atoms with Crippen molar-refractivity contribution in [3.8, 4) is 11.6 Å². The number of aromatic amines is 1. The first-order valence-corrected chi connectivity index (χ1v) is 9.46. The predicted molar refractivity (Wildman–Crippen MR) is 90.9 cm³/mol. The van der Waals surface area contributed by atoms with Gasteiger partial charge in [0.05, 0.1) is 4.90 Å². The summed E-state index contributed by atoms with van der Waals surface area (Å²) in [6.07, 6.45) is 2.07. The number of aryl methyl sites for hydroxylation is 1. The van der Waals surface area contributed by atoms with Gasteiger partial charge in [-0.3, -0.25) is 13.9 Å². The van der Waals surface area contributed by atoms with Crippen molar-refractivity contribution in [3.05, 3.63) is 33.2 Å². The van der Waals surface area contributed by atoms with Crippen LogP contribution in [0.25, 0.3) is 22.7 Å². The summed E-state index contributed by atoms with van der Waals surface area (Å²) in [5.41, 5.74) is -0.690. The Morgan fingerprint density at radius 2 is 1.81 bits per heavy atom. The number of nitrogens with zero attached hydrogens (tertiary/aromatic N) is 3. The maximum Gasteiger partial charge on any atom is 1.00 e. The normalized spacial score (nSPS) is 11.7. The molecule has 27 heavy (non-hydrogen) atoms. The van der Waals surface area contributed by atoms with Gasteiger partial charge in [0.2, 0.25) is 0 Å². The molecule has 0 atom stereocenters. The first kappa shape index (κ1) is 22.3. The standard InChI is InChI=1S/C15H18N4O6S.K/c1-3-5-18-13-11(14(20)19(6-4-2)15(18)21)16-12(17-13)10-7-9(8-25-10)26(22,23)24;/h7-8H,3-6H2,1-2H3,(H,16,17)(H,22,23,24);/q;+1/p-1. The molecule has 12 heteroatoms. The Labute approximate surface area is 196 Å². The van der Waals surface area contributed by atoms with Crippen molar-refractivity contribution < 1.29 is 68.8 Å². The molecule has 0 amide bonds. The zero-order valence-electron chi connectivity index (χ0n) is 15.2. The predicted octanol–water partition coefficient (Wildman–Crippen LogP) is -2.13. The Hall–Kier alpha value is -1.02. The first-order valence-electron chi connectivity index (χ1n) is 8.06. The van der Waals surface area contributed by atoms with Gasteiger partial charge in [0.1, 0.15) is 16.4 Å². The number of rotatable bonds is 6. The van der Waals surface area contributed by atoms with Crippen LogP contribution in [0.2, 0.25) is 0 Å². The summed E-state index contributed by atoms with van der Waals surface area (Å²) in [4.78, 5) is 31.7. The van der Waals surface area contributed by atoms with Gasteiger partial charge in [-0.15, -0.1) is 0 Å². The van der Waals surface area contributed by atoms with Gasteiger partial charge in [-0.25, -0.2) is 18.2 Å². The van der Waals surface area contributed by atoms with Crippen molar-refractivity contribution in [2.75, 3.05) is 0 Å². The van der Waals surface area contributed by atoms with Crippen LogP contribution in [0.3, 0.4) is 0 Å². The Morgan fingerprint density at radius 3 is 2.37 bits per heavy atom. The Morgan fingerprint density at radius 1 is 1.19 bits per heavy atom. The zero-order valence-corrected chi connectivity index (χ0v) is 19.1. The maximum absolute atomic E-state index is 12.6. The largest absolute Gasteiger partial charge is 1.00 e. The summed E-state index contributed by atoms with van der Waals surface area (Å²) in [5, 5.41) is 0. The van der Waals surface area contributed by atoms with E-state index in [1.165, 1.54) is 4.57 Å². The minimum absolute atomic E-state index is 0. The van der Waals surface area contributed by atoms with E-state index in [0.717, 1.165) is 16.9 Å². The molecule has 3 aromatic rings. The van der Waals surface area contributed by atoms with E-state index in [2.05, 4.69) is 9.97 Å². The molecular weight excluding hydrogens is 403 g/mol. The number of fused-ring (bicyclic) bond motifs is 1. The quantitative estimate of drug-likeness (QED) is 0.354. The summed E-state index contributed by atoms with van der Waals surface area (Å²) in [7, 11) is -4.67. The van der Waals surface area contributed by atoms with Crippen LogP contribution in [-0.2, 0) is 23.2 Å². The van der Waals surface area contributed by atoms with Crippen molar-refractivity contribution >= 4 is 21.3 Å². The molecule has 0 aliphatic heterocycles. The number of hydrogen-bond donors (Lipinski definition) is 1. The van der Waals surface area contributed by atoms with E-state index >= 15 is 0 Å². The minimum atomic E-state index is -4.67. The molecule has 3 heterocycles. The van der Waals surface area contributed by atoms with Gasteiger partial charge in [-0.2, -0.15) is 0 Å². The smallest absolute Gasteiger partial charge is 0.744 e.